The maximum absolute atomic E-state index is 13.0. The van der Waals surface area contributed by atoms with Crippen molar-refractivity contribution in [2.75, 3.05) is 0 Å². The van der Waals surface area contributed by atoms with Gasteiger partial charge in [-0.25, -0.2) is 4.39 Å². The van der Waals surface area contributed by atoms with Gasteiger partial charge in [0, 0.05) is 6.04 Å². The molecule has 0 saturated carbocycles. The fourth-order valence-corrected chi connectivity index (χ4v) is 1.83. The van der Waals surface area contributed by atoms with Gasteiger partial charge in [0.2, 0.25) is 0 Å². The van der Waals surface area contributed by atoms with Gasteiger partial charge < -0.3 is 0 Å². The quantitative estimate of drug-likeness (QED) is 0.596. The summed E-state index contributed by atoms with van der Waals surface area (Å²) in [5.74, 6) is 5.88. The number of halogens is 1. The minimum Gasteiger partial charge on any atom is -0.271 e. The predicted octanol–water partition coefficient (Wildman–Crippen LogP) is 2.55. The summed E-state index contributed by atoms with van der Waals surface area (Å²) < 4.78 is 13.0. The molecule has 0 amide bonds. The summed E-state index contributed by atoms with van der Waals surface area (Å²) in [5, 5.41) is 0. The summed E-state index contributed by atoms with van der Waals surface area (Å²) in [6.07, 6.45) is 1.92. The molecule has 0 heterocycles. The summed E-state index contributed by atoms with van der Waals surface area (Å²) in [6, 6.07) is 5.16. The van der Waals surface area contributed by atoms with Crippen molar-refractivity contribution in [3.05, 3.63) is 35.1 Å². The first kappa shape index (κ1) is 13.1. The van der Waals surface area contributed by atoms with Crippen LogP contribution in [0.3, 0.4) is 0 Å². The van der Waals surface area contributed by atoms with Crippen LogP contribution in [0.25, 0.3) is 0 Å². The fourth-order valence-electron chi connectivity index (χ4n) is 1.83. The zero-order chi connectivity index (χ0) is 12.1. The van der Waals surface area contributed by atoms with Crippen LogP contribution in [0.5, 0.6) is 0 Å². The molecule has 1 rings (SSSR count). The van der Waals surface area contributed by atoms with Crippen molar-refractivity contribution in [3.63, 3.8) is 0 Å². The molecule has 0 radical (unpaired) electrons. The highest BCUT2D eigenvalue weighted by atomic mass is 19.1. The molecule has 0 bridgehead atoms. The molecule has 0 spiro atoms. The number of nitrogens with one attached hydrogen (secondary N) is 1. The third kappa shape index (κ3) is 3.29. The molecule has 1 aromatic carbocycles. The van der Waals surface area contributed by atoms with Crippen molar-refractivity contribution in [1.29, 1.82) is 0 Å². The predicted molar refractivity (Wildman–Crippen MR) is 65.4 cm³/mol. The molecule has 3 N–H and O–H groups in total. The Kier molecular flexibility index (Phi) is 4.90. The Morgan fingerprint density at radius 3 is 2.62 bits per heavy atom. The van der Waals surface area contributed by atoms with E-state index in [-0.39, 0.29) is 11.9 Å². The van der Waals surface area contributed by atoms with E-state index in [4.69, 9.17) is 5.84 Å². The van der Waals surface area contributed by atoms with Crippen molar-refractivity contribution in [1.82, 2.24) is 5.43 Å². The van der Waals surface area contributed by atoms with Crippen LogP contribution in [-0.4, -0.2) is 6.04 Å². The maximum atomic E-state index is 13.0. The zero-order valence-corrected chi connectivity index (χ0v) is 10.3. The summed E-state index contributed by atoms with van der Waals surface area (Å²) in [7, 11) is 0. The van der Waals surface area contributed by atoms with Crippen LogP contribution in [-0.2, 0) is 6.42 Å². The zero-order valence-electron chi connectivity index (χ0n) is 10.3. The number of aryl methyl sites for hydroxylation is 1. The third-order valence-electron chi connectivity index (χ3n) is 3.29. The van der Waals surface area contributed by atoms with Gasteiger partial charge in [0.15, 0.2) is 0 Å². The van der Waals surface area contributed by atoms with E-state index >= 15 is 0 Å². The van der Waals surface area contributed by atoms with E-state index in [1.807, 2.05) is 13.0 Å². The molecule has 3 heteroatoms. The Labute approximate surface area is 97.0 Å². The highest BCUT2D eigenvalue weighted by Crippen LogP contribution is 2.16. The number of hydrogen-bond acceptors (Lipinski definition) is 2. The van der Waals surface area contributed by atoms with Crippen molar-refractivity contribution >= 4 is 0 Å². The highest BCUT2D eigenvalue weighted by Gasteiger charge is 2.15. The van der Waals surface area contributed by atoms with Crippen molar-refractivity contribution in [2.24, 2.45) is 11.8 Å². The molecule has 0 aliphatic carbocycles. The lowest BCUT2D eigenvalue weighted by molar-refractivity contribution is 0.369. The molecule has 1 aromatic rings. The molecule has 2 atom stereocenters. The topological polar surface area (TPSA) is 38.0 Å². The minimum atomic E-state index is -0.179. The first-order valence-corrected chi connectivity index (χ1v) is 5.79. The molecule has 16 heavy (non-hydrogen) atoms. The van der Waals surface area contributed by atoms with Crippen LogP contribution >= 0.6 is 0 Å². The molecular formula is C13H21FN2. The first-order valence-electron chi connectivity index (χ1n) is 5.79. The second kappa shape index (κ2) is 5.97. The maximum Gasteiger partial charge on any atom is 0.123 e. The van der Waals surface area contributed by atoms with E-state index in [0.717, 1.165) is 24.0 Å². The van der Waals surface area contributed by atoms with Crippen LogP contribution in [0.4, 0.5) is 4.39 Å². The van der Waals surface area contributed by atoms with E-state index in [0.29, 0.717) is 5.92 Å². The summed E-state index contributed by atoms with van der Waals surface area (Å²) in [4.78, 5) is 0. The van der Waals surface area contributed by atoms with Crippen molar-refractivity contribution in [3.8, 4) is 0 Å². The highest BCUT2D eigenvalue weighted by molar-refractivity contribution is 5.27. The van der Waals surface area contributed by atoms with E-state index in [1.54, 1.807) is 6.07 Å². The average Bonchev–Trinajstić information content (AvgIpc) is 2.27. The summed E-state index contributed by atoms with van der Waals surface area (Å²) in [5.41, 5.74) is 5.00. The Bertz CT molecular complexity index is 339. The second-order valence-corrected chi connectivity index (χ2v) is 4.43. The van der Waals surface area contributed by atoms with Crippen LogP contribution in [0.1, 0.15) is 31.4 Å². The SMILES string of the molecule is CCC(C)C(Cc1ccc(F)cc1C)NN. The van der Waals surface area contributed by atoms with E-state index in [2.05, 4.69) is 19.3 Å². The van der Waals surface area contributed by atoms with Crippen LogP contribution in [0.2, 0.25) is 0 Å². The Hall–Kier alpha value is -0.930. The summed E-state index contributed by atoms with van der Waals surface area (Å²) in [6.45, 7) is 6.25. The van der Waals surface area contributed by atoms with Crippen molar-refractivity contribution in [2.45, 2.75) is 39.7 Å². The number of rotatable bonds is 5. The van der Waals surface area contributed by atoms with Gasteiger partial charge in [-0.05, 0) is 42.5 Å². The molecule has 0 aliphatic rings. The van der Waals surface area contributed by atoms with Gasteiger partial charge in [0.1, 0.15) is 5.82 Å². The number of hydrogen-bond donors (Lipinski definition) is 2. The fraction of sp³-hybridized carbons (Fsp3) is 0.538. The number of benzene rings is 1. The number of nitrogens with two attached hydrogens (primary N) is 1. The lowest BCUT2D eigenvalue weighted by atomic mass is 9.92. The lowest BCUT2D eigenvalue weighted by Gasteiger charge is -2.22. The Morgan fingerprint density at radius 1 is 1.44 bits per heavy atom. The van der Waals surface area contributed by atoms with E-state index in [9.17, 15) is 4.39 Å². The minimum absolute atomic E-state index is 0.179. The van der Waals surface area contributed by atoms with Crippen molar-refractivity contribution < 1.29 is 4.39 Å². The van der Waals surface area contributed by atoms with Gasteiger partial charge in [-0.1, -0.05) is 26.3 Å². The molecule has 0 aromatic heterocycles. The van der Waals surface area contributed by atoms with Gasteiger partial charge in [0.05, 0.1) is 0 Å². The third-order valence-corrected chi connectivity index (χ3v) is 3.29. The molecular weight excluding hydrogens is 203 g/mol. The molecule has 90 valence electrons. The molecule has 2 nitrogen and oxygen atoms in total. The molecule has 0 aliphatic heterocycles. The van der Waals surface area contributed by atoms with E-state index < -0.39 is 0 Å². The van der Waals surface area contributed by atoms with Crippen LogP contribution in [0, 0.1) is 18.7 Å². The van der Waals surface area contributed by atoms with Gasteiger partial charge in [0.25, 0.3) is 0 Å². The van der Waals surface area contributed by atoms with Gasteiger partial charge in [-0.15, -0.1) is 0 Å². The van der Waals surface area contributed by atoms with Gasteiger partial charge in [-0.3, -0.25) is 11.3 Å². The summed E-state index contributed by atoms with van der Waals surface area (Å²) >= 11 is 0. The van der Waals surface area contributed by atoms with E-state index in [1.165, 1.54) is 6.07 Å². The largest absolute Gasteiger partial charge is 0.271 e. The van der Waals surface area contributed by atoms with Crippen LogP contribution < -0.4 is 11.3 Å². The van der Waals surface area contributed by atoms with Gasteiger partial charge in [-0.2, -0.15) is 0 Å². The Morgan fingerprint density at radius 2 is 2.12 bits per heavy atom. The average molecular weight is 224 g/mol. The monoisotopic (exact) mass is 224 g/mol. The molecule has 0 saturated heterocycles. The molecule has 2 unspecified atom stereocenters. The Balaban J connectivity index is 2.78. The van der Waals surface area contributed by atoms with Crippen LogP contribution in [0.15, 0.2) is 18.2 Å². The standard InChI is InChI=1S/C13H21FN2/c1-4-9(2)13(16-15)8-11-5-6-12(14)7-10(11)3/h5-7,9,13,16H,4,8,15H2,1-3H3. The first-order chi connectivity index (χ1) is 7.58. The van der Waals surface area contributed by atoms with Gasteiger partial charge >= 0.3 is 0 Å². The second-order valence-electron chi connectivity index (χ2n) is 4.43. The number of hydrazine groups is 1. The normalized spacial score (nSPS) is 14.8. The lowest BCUT2D eigenvalue weighted by Crippen LogP contribution is -2.41. The molecule has 0 fully saturated rings. The smallest absolute Gasteiger partial charge is 0.123 e.